The Morgan fingerprint density at radius 1 is 1.35 bits per heavy atom. The topological polar surface area (TPSA) is 83.6 Å². The summed E-state index contributed by atoms with van der Waals surface area (Å²) in [6.45, 7) is 4.20. The van der Waals surface area contributed by atoms with Crippen LogP contribution in [0, 0.1) is 5.92 Å². The van der Waals surface area contributed by atoms with Crippen molar-refractivity contribution in [3.8, 4) is 0 Å². The van der Waals surface area contributed by atoms with Gasteiger partial charge in [0.25, 0.3) is 0 Å². The summed E-state index contributed by atoms with van der Waals surface area (Å²) in [4.78, 5) is 25.4. The summed E-state index contributed by atoms with van der Waals surface area (Å²) in [6.07, 6.45) is 0.420. The highest BCUT2D eigenvalue weighted by Gasteiger charge is 2.34. The van der Waals surface area contributed by atoms with Gasteiger partial charge in [-0.3, -0.25) is 9.59 Å². The number of amides is 1. The zero-order valence-electron chi connectivity index (χ0n) is 11.7. The minimum atomic E-state index is -0.849. The van der Waals surface area contributed by atoms with E-state index in [1.54, 1.807) is 23.1 Å². The van der Waals surface area contributed by atoms with Crippen LogP contribution in [-0.4, -0.2) is 29.6 Å². The monoisotopic (exact) mass is 276 g/mol. The predicted molar refractivity (Wildman–Crippen MR) is 76.6 cm³/mol. The van der Waals surface area contributed by atoms with Crippen LogP contribution in [0.15, 0.2) is 24.3 Å². The molecule has 1 heterocycles. The number of hydrogen-bond donors (Lipinski definition) is 2. The maximum absolute atomic E-state index is 12.4. The number of carboxylic acid groups (broad SMARTS) is 1. The zero-order chi connectivity index (χ0) is 14.9. The van der Waals surface area contributed by atoms with E-state index in [1.807, 2.05) is 19.9 Å². The molecule has 0 aliphatic carbocycles. The van der Waals surface area contributed by atoms with Crippen molar-refractivity contribution in [1.29, 1.82) is 0 Å². The molecule has 1 unspecified atom stereocenters. The van der Waals surface area contributed by atoms with Gasteiger partial charge in [-0.25, -0.2) is 0 Å². The van der Waals surface area contributed by atoms with Crippen LogP contribution in [0.3, 0.4) is 0 Å². The van der Waals surface area contributed by atoms with Gasteiger partial charge in [-0.1, -0.05) is 32.0 Å². The molecule has 2 atom stereocenters. The van der Waals surface area contributed by atoms with E-state index in [9.17, 15) is 14.7 Å². The third-order valence-electron chi connectivity index (χ3n) is 3.81. The molecule has 0 saturated heterocycles. The van der Waals surface area contributed by atoms with Gasteiger partial charge in [0.2, 0.25) is 5.91 Å². The summed E-state index contributed by atoms with van der Waals surface area (Å²) in [5, 5.41) is 9.28. The first-order valence-electron chi connectivity index (χ1n) is 6.82. The van der Waals surface area contributed by atoms with E-state index in [1.165, 1.54) is 0 Å². The third kappa shape index (κ3) is 2.54. The number of carbonyl (C=O) groups is 2. The highest BCUT2D eigenvalue weighted by atomic mass is 16.4. The number of carbonyl (C=O) groups excluding carboxylic acids is 1. The Bertz CT molecular complexity index is 528. The van der Waals surface area contributed by atoms with Crippen LogP contribution in [0.25, 0.3) is 0 Å². The van der Waals surface area contributed by atoms with Crippen LogP contribution < -0.4 is 10.6 Å². The number of hydrogen-bond acceptors (Lipinski definition) is 3. The first kappa shape index (κ1) is 14.5. The van der Waals surface area contributed by atoms with E-state index in [-0.39, 0.29) is 11.8 Å². The standard InChI is InChI=1S/C15H20N2O3/c1-9(2)13(16)14(18)17-8-7-11(15(19)20)10-5-3-4-6-12(10)17/h3-6,9,11,13H,7-8,16H2,1-2H3,(H,19,20)/t11?,13-/m1/s1. The molecule has 108 valence electrons. The maximum atomic E-state index is 12.4. The van der Waals surface area contributed by atoms with E-state index in [4.69, 9.17) is 5.73 Å². The van der Waals surface area contributed by atoms with Crippen LogP contribution in [0.1, 0.15) is 31.7 Å². The van der Waals surface area contributed by atoms with E-state index in [2.05, 4.69) is 0 Å². The number of benzene rings is 1. The lowest BCUT2D eigenvalue weighted by Crippen LogP contribution is -2.49. The second kappa shape index (κ2) is 5.63. The molecule has 1 aromatic rings. The lowest BCUT2D eigenvalue weighted by molar-refractivity contribution is -0.139. The Morgan fingerprint density at radius 2 is 2.00 bits per heavy atom. The Balaban J connectivity index is 2.37. The zero-order valence-corrected chi connectivity index (χ0v) is 11.7. The SMILES string of the molecule is CC(C)[C@@H](N)C(=O)N1CCC(C(=O)O)c2ccccc21. The Kier molecular flexibility index (Phi) is 4.09. The van der Waals surface area contributed by atoms with Crippen molar-refractivity contribution in [2.24, 2.45) is 11.7 Å². The molecule has 0 bridgehead atoms. The summed E-state index contributed by atoms with van der Waals surface area (Å²) < 4.78 is 0. The molecule has 1 aromatic carbocycles. The van der Waals surface area contributed by atoms with Gasteiger partial charge in [-0.05, 0) is 24.0 Å². The molecular weight excluding hydrogens is 256 g/mol. The number of fused-ring (bicyclic) bond motifs is 1. The molecule has 0 saturated carbocycles. The van der Waals surface area contributed by atoms with Crippen molar-refractivity contribution in [2.75, 3.05) is 11.4 Å². The fourth-order valence-electron chi connectivity index (χ4n) is 2.51. The molecule has 1 aliphatic heterocycles. The Morgan fingerprint density at radius 3 is 2.60 bits per heavy atom. The number of carboxylic acids is 1. The molecule has 0 fully saturated rings. The molecule has 2 rings (SSSR count). The molecule has 0 spiro atoms. The summed E-state index contributed by atoms with van der Waals surface area (Å²) in [7, 11) is 0. The molecule has 1 amide bonds. The van der Waals surface area contributed by atoms with Crippen molar-refractivity contribution in [1.82, 2.24) is 0 Å². The van der Waals surface area contributed by atoms with Gasteiger partial charge in [0.05, 0.1) is 12.0 Å². The fourth-order valence-corrected chi connectivity index (χ4v) is 2.51. The number of para-hydroxylation sites is 1. The summed E-state index contributed by atoms with van der Waals surface area (Å²) in [6, 6.07) is 6.60. The molecule has 3 N–H and O–H groups in total. The molecular formula is C15H20N2O3. The highest BCUT2D eigenvalue weighted by Crippen LogP contribution is 2.35. The van der Waals surface area contributed by atoms with Crippen molar-refractivity contribution in [3.05, 3.63) is 29.8 Å². The van der Waals surface area contributed by atoms with Crippen LogP contribution in [-0.2, 0) is 9.59 Å². The first-order chi connectivity index (χ1) is 9.43. The summed E-state index contributed by atoms with van der Waals surface area (Å²) in [5.74, 6) is -1.49. The van der Waals surface area contributed by atoms with E-state index < -0.39 is 17.9 Å². The molecule has 5 heteroatoms. The van der Waals surface area contributed by atoms with Crippen molar-refractivity contribution in [2.45, 2.75) is 32.2 Å². The minimum absolute atomic E-state index is 0.0480. The van der Waals surface area contributed by atoms with Crippen molar-refractivity contribution < 1.29 is 14.7 Å². The fraction of sp³-hybridized carbons (Fsp3) is 0.467. The number of nitrogens with zero attached hydrogens (tertiary/aromatic N) is 1. The van der Waals surface area contributed by atoms with E-state index in [0.717, 1.165) is 0 Å². The Labute approximate surface area is 118 Å². The predicted octanol–water partition coefficient (Wildman–Crippen LogP) is 1.57. The van der Waals surface area contributed by atoms with Gasteiger partial charge in [0.15, 0.2) is 0 Å². The second-order valence-corrected chi connectivity index (χ2v) is 5.50. The number of anilines is 1. The maximum Gasteiger partial charge on any atom is 0.311 e. The van der Waals surface area contributed by atoms with Gasteiger partial charge < -0.3 is 15.7 Å². The van der Waals surface area contributed by atoms with E-state index in [0.29, 0.717) is 24.2 Å². The molecule has 0 radical (unpaired) electrons. The van der Waals surface area contributed by atoms with Gasteiger partial charge in [0, 0.05) is 12.2 Å². The first-order valence-corrected chi connectivity index (χ1v) is 6.82. The molecule has 1 aliphatic rings. The average Bonchev–Trinajstić information content (AvgIpc) is 2.44. The summed E-state index contributed by atoms with van der Waals surface area (Å²) in [5.41, 5.74) is 7.30. The third-order valence-corrected chi connectivity index (χ3v) is 3.81. The molecule has 20 heavy (non-hydrogen) atoms. The number of aliphatic carboxylic acids is 1. The van der Waals surface area contributed by atoms with Gasteiger partial charge in [0.1, 0.15) is 0 Å². The smallest absolute Gasteiger partial charge is 0.311 e. The van der Waals surface area contributed by atoms with Crippen LogP contribution >= 0.6 is 0 Å². The number of rotatable bonds is 3. The second-order valence-electron chi connectivity index (χ2n) is 5.50. The highest BCUT2D eigenvalue weighted by molar-refractivity contribution is 5.99. The normalized spacial score (nSPS) is 19.6. The van der Waals surface area contributed by atoms with Gasteiger partial charge in [-0.15, -0.1) is 0 Å². The van der Waals surface area contributed by atoms with Crippen molar-refractivity contribution >= 4 is 17.6 Å². The molecule has 5 nitrogen and oxygen atoms in total. The Hall–Kier alpha value is -1.88. The van der Waals surface area contributed by atoms with Gasteiger partial charge >= 0.3 is 5.97 Å². The van der Waals surface area contributed by atoms with Crippen LogP contribution in [0.4, 0.5) is 5.69 Å². The van der Waals surface area contributed by atoms with Gasteiger partial charge in [-0.2, -0.15) is 0 Å². The summed E-state index contributed by atoms with van der Waals surface area (Å²) >= 11 is 0. The van der Waals surface area contributed by atoms with E-state index >= 15 is 0 Å². The van der Waals surface area contributed by atoms with Crippen LogP contribution in [0.2, 0.25) is 0 Å². The lowest BCUT2D eigenvalue weighted by Gasteiger charge is -2.34. The lowest BCUT2D eigenvalue weighted by atomic mass is 9.89. The quantitative estimate of drug-likeness (QED) is 0.877. The molecule has 0 aromatic heterocycles. The van der Waals surface area contributed by atoms with Crippen LogP contribution in [0.5, 0.6) is 0 Å². The largest absolute Gasteiger partial charge is 0.481 e. The van der Waals surface area contributed by atoms with Crippen molar-refractivity contribution in [3.63, 3.8) is 0 Å². The number of nitrogens with two attached hydrogens (primary N) is 1. The minimum Gasteiger partial charge on any atom is -0.481 e. The average molecular weight is 276 g/mol.